The summed E-state index contributed by atoms with van der Waals surface area (Å²) < 4.78 is -0.156. The average molecular weight is 178 g/mol. The Balaban J connectivity index is 2.27. The van der Waals surface area contributed by atoms with Crippen LogP contribution in [-0.2, 0) is 0 Å². The monoisotopic (exact) mass is 178 g/mol. The number of pyridine rings is 1. The molecule has 0 aromatic carbocycles. The molecule has 2 rings (SSSR count). The van der Waals surface area contributed by atoms with E-state index in [0.29, 0.717) is 0 Å². The van der Waals surface area contributed by atoms with Crippen molar-refractivity contribution in [1.29, 1.82) is 0 Å². The summed E-state index contributed by atoms with van der Waals surface area (Å²) in [6.45, 7) is 0.723. The molecule has 3 heteroatoms. The van der Waals surface area contributed by atoms with Gasteiger partial charge in [0.2, 0.25) is 0 Å². The molecular weight excluding hydrogens is 164 g/mol. The Morgan fingerprint density at radius 1 is 1.54 bits per heavy atom. The van der Waals surface area contributed by atoms with Crippen LogP contribution in [0.25, 0.3) is 0 Å². The molecule has 1 aromatic heterocycles. The molecule has 1 aromatic rings. The Kier molecular flexibility index (Phi) is 2.06. The standard InChI is InChI=1S/C10H14N2O/c1-12(13)8-4-6-10(12)9-5-2-3-7-11-9/h2-3,5,7,10H,4,6,8H2,1H3/t10-,12-/m0/s1. The van der Waals surface area contributed by atoms with E-state index in [1.54, 1.807) is 13.2 Å². The zero-order valence-corrected chi connectivity index (χ0v) is 7.81. The van der Waals surface area contributed by atoms with Gasteiger partial charge in [0.15, 0.2) is 0 Å². The Morgan fingerprint density at radius 3 is 2.92 bits per heavy atom. The van der Waals surface area contributed by atoms with Crippen LogP contribution in [0.5, 0.6) is 0 Å². The van der Waals surface area contributed by atoms with E-state index in [4.69, 9.17) is 0 Å². The second-order valence-electron chi connectivity index (χ2n) is 3.81. The van der Waals surface area contributed by atoms with Crippen molar-refractivity contribution in [3.05, 3.63) is 35.3 Å². The molecule has 3 nitrogen and oxygen atoms in total. The second-order valence-corrected chi connectivity index (χ2v) is 3.81. The molecule has 0 N–H and O–H groups in total. The highest BCUT2D eigenvalue weighted by atomic mass is 16.5. The van der Waals surface area contributed by atoms with Crippen molar-refractivity contribution in [2.24, 2.45) is 0 Å². The maximum atomic E-state index is 11.9. The summed E-state index contributed by atoms with van der Waals surface area (Å²) in [5.74, 6) is 0. The fourth-order valence-corrected chi connectivity index (χ4v) is 2.03. The second kappa shape index (κ2) is 3.09. The summed E-state index contributed by atoms with van der Waals surface area (Å²) in [4.78, 5) is 4.24. The third-order valence-electron chi connectivity index (χ3n) is 2.77. The summed E-state index contributed by atoms with van der Waals surface area (Å²) >= 11 is 0. The molecule has 70 valence electrons. The number of hydrogen-bond donors (Lipinski definition) is 0. The van der Waals surface area contributed by atoms with Gasteiger partial charge >= 0.3 is 0 Å². The molecule has 0 aliphatic carbocycles. The lowest BCUT2D eigenvalue weighted by atomic mass is 10.1. The molecule has 1 fully saturated rings. The van der Waals surface area contributed by atoms with E-state index < -0.39 is 0 Å². The van der Waals surface area contributed by atoms with Crippen molar-refractivity contribution in [3.8, 4) is 0 Å². The van der Waals surface area contributed by atoms with Gasteiger partial charge in [0.1, 0.15) is 6.04 Å². The smallest absolute Gasteiger partial charge is 0.131 e. The topological polar surface area (TPSA) is 36.0 Å². The maximum absolute atomic E-state index is 11.9. The first-order valence-corrected chi connectivity index (χ1v) is 4.67. The average Bonchev–Trinajstić information content (AvgIpc) is 2.47. The lowest BCUT2D eigenvalue weighted by Crippen LogP contribution is -2.36. The molecular formula is C10H14N2O. The number of hydroxylamine groups is 3. The fraction of sp³-hybridized carbons (Fsp3) is 0.500. The Morgan fingerprint density at radius 2 is 2.38 bits per heavy atom. The van der Waals surface area contributed by atoms with Crippen molar-refractivity contribution in [3.63, 3.8) is 0 Å². The number of nitrogens with zero attached hydrogens (tertiary/aromatic N) is 2. The highest BCUT2D eigenvalue weighted by Gasteiger charge is 2.32. The fourth-order valence-electron chi connectivity index (χ4n) is 2.03. The largest absolute Gasteiger partial charge is 0.633 e. The molecule has 1 aliphatic heterocycles. The van der Waals surface area contributed by atoms with Gasteiger partial charge in [0.25, 0.3) is 0 Å². The highest BCUT2D eigenvalue weighted by Crippen LogP contribution is 2.35. The first-order valence-electron chi connectivity index (χ1n) is 4.67. The number of aromatic nitrogens is 1. The van der Waals surface area contributed by atoms with Gasteiger partial charge in [-0.15, -0.1) is 0 Å². The van der Waals surface area contributed by atoms with Gasteiger partial charge in [-0.2, -0.15) is 0 Å². The van der Waals surface area contributed by atoms with Crippen LogP contribution in [0.1, 0.15) is 24.6 Å². The van der Waals surface area contributed by atoms with Gasteiger partial charge in [0, 0.05) is 19.0 Å². The van der Waals surface area contributed by atoms with Crippen LogP contribution in [0, 0.1) is 5.21 Å². The molecule has 13 heavy (non-hydrogen) atoms. The maximum Gasteiger partial charge on any atom is 0.131 e. The van der Waals surface area contributed by atoms with E-state index in [1.807, 2.05) is 18.2 Å². The molecule has 0 radical (unpaired) electrons. The van der Waals surface area contributed by atoms with Gasteiger partial charge in [-0.25, -0.2) is 0 Å². The molecule has 0 amide bonds. The van der Waals surface area contributed by atoms with Crippen molar-refractivity contribution in [2.75, 3.05) is 13.6 Å². The Hall–Kier alpha value is -0.930. The summed E-state index contributed by atoms with van der Waals surface area (Å²) in [6.07, 6.45) is 3.74. The van der Waals surface area contributed by atoms with E-state index in [2.05, 4.69) is 4.98 Å². The van der Waals surface area contributed by atoms with Gasteiger partial charge < -0.3 is 9.85 Å². The van der Waals surface area contributed by atoms with Crippen LogP contribution in [0.4, 0.5) is 0 Å². The summed E-state index contributed by atoms with van der Waals surface area (Å²) in [6, 6.07) is 5.83. The SMILES string of the molecule is C[N@+]1([O-])CCC[C@H]1c1ccccn1. The van der Waals surface area contributed by atoms with Gasteiger partial charge in [-0.3, -0.25) is 4.98 Å². The molecule has 1 saturated heterocycles. The lowest BCUT2D eigenvalue weighted by Gasteiger charge is -2.39. The zero-order valence-electron chi connectivity index (χ0n) is 7.81. The van der Waals surface area contributed by atoms with Crippen LogP contribution in [0.3, 0.4) is 0 Å². The van der Waals surface area contributed by atoms with Crippen LogP contribution in [0.15, 0.2) is 24.4 Å². The summed E-state index contributed by atoms with van der Waals surface area (Å²) in [5, 5.41) is 11.9. The van der Waals surface area contributed by atoms with Crippen molar-refractivity contribution < 1.29 is 4.65 Å². The van der Waals surface area contributed by atoms with E-state index in [9.17, 15) is 5.21 Å². The first kappa shape index (κ1) is 8.66. The normalized spacial score (nSPS) is 33.5. The minimum Gasteiger partial charge on any atom is -0.633 e. The number of likely N-dealkylation sites (tertiary alicyclic amines) is 1. The van der Waals surface area contributed by atoms with Crippen LogP contribution in [-0.4, -0.2) is 23.2 Å². The third kappa shape index (κ3) is 1.57. The van der Waals surface area contributed by atoms with Crippen molar-refractivity contribution >= 4 is 0 Å². The Bertz CT molecular complexity index is 284. The minimum absolute atomic E-state index is 0.0567. The predicted octanol–water partition coefficient (Wildman–Crippen LogP) is 1.86. The molecule has 2 heterocycles. The first-order chi connectivity index (χ1) is 6.20. The molecule has 2 atom stereocenters. The minimum atomic E-state index is -0.156. The molecule has 0 bridgehead atoms. The zero-order chi connectivity index (χ0) is 9.31. The van der Waals surface area contributed by atoms with Gasteiger partial charge in [0.05, 0.1) is 19.3 Å². The van der Waals surface area contributed by atoms with Crippen LogP contribution < -0.4 is 0 Å². The van der Waals surface area contributed by atoms with E-state index in [0.717, 1.165) is 25.1 Å². The van der Waals surface area contributed by atoms with Gasteiger partial charge in [-0.05, 0) is 12.1 Å². The van der Waals surface area contributed by atoms with Crippen molar-refractivity contribution in [1.82, 2.24) is 4.98 Å². The van der Waals surface area contributed by atoms with E-state index >= 15 is 0 Å². The van der Waals surface area contributed by atoms with E-state index in [1.165, 1.54) is 0 Å². The summed E-state index contributed by atoms with van der Waals surface area (Å²) in [5.41, 5.74) is 0.942. The summed E-state index contributed by atoms with van der Waals surface area (Å²) in [7, 11) is 1.74. The van der Waals surface area contributed by atoms with Crippen LogP contribution >= 0.6 is 0 Å². The third-order valence-corrected chi connectivity index (χ3v) is 2.77. The highest BCUT2D eigenvalue weighted by molar-refractivity contribution is 5.07. The molecule has 0 saturated carbocycles. The lowest BCUT2D eigenvalue weighted by molar-refractivity contribution is -0.879. The quantitative estimate of drug-likeness (QED) is 0.486. The number of quaternary nitrogens is 1. The van der Waals surface area contributed by atoms with E-state index in [-0.39, 0.29) is 10.7 Å². The van der Waals surface area contributed by atoms with Gasteiger partial charge in [-0.1, -0.05) is 6.07 Å². The number of hydrogen-bond acceptors (Lipinski definition) is 2. The van der Waals surface area contributed by atoms with Crippen LogP contribution in [0.2, 0.25) is 0 Å². The van der Waals surface area contributed by atoms with Crippen molar-refractivity contribution in [2.45, 2.75) is 18.9 Å². The molecule has 0 spiro atoms. The predicted molar refractivity (Wildman–Crippen MR) is 50.6 cm³/mol. The molecule has 1 aliphatic rings. The number of rotatable bonds is 1. The molecule has 0 unspecified atom stereocenters. The Labute approximate surface area is 78.2 Å².